The number of H-pyrrole nitrogens is 1. The summed E-state index contributed by atoms with van der Waals surface area (Å²) >= 11 is 0. The molecule has 1 aromatic carbocycles. The molecule has 1 amide bonds. The minimum absolute atomic E-state index is 0.0186. The van der Waals surface area contributed by atoms with Gasteiger partial charge in [-0.25, -0.2) is 0 Å². The fourth-order valence-electron chi connectivity index (χ4n) is 3.06. The molecule has 0 bridgehead atoms. The van der Waals surface area contributed by atoms with Crippen LogP contribution in [-0.4, -0.2) is 23.0 Å². The van der Waals surface area contributed by atoms with Gasteiger partial charge in [0.1, 0.15) is 5.75 Å². The fourth-order valence-corrected chi connectivity index (χ4v) is 3.06. The summed E-state index contributed by atoms with van der Waals surface area (Å²) in [5.74, 6) is 0.671. The number of carbonyl (C=O) groups excluding carboxylic acids is 1. The van der Waals surface area contributed by atoms with Crippen LogP contribution in [0.5, 0.6) is 5.75 Å². The van der Waals surface area contributed by atoms with Gasteiger partial charge in [0.15, 0.2) is 0 Å². The molecule has 5 heteroatoms. The molecule has 1 atom stereocenters. The number of para-hydroxylation sites is 1. The van der Waals surface area contributed by atoms with E-state index < -0.39 is 0 Å². The van der Waals surface area contributed by atoms with Crippen molar-refractivity contribution in [3.8, 4) is 5.75 Å². The first-order chi connectivity index (χ1) is 10.8. The van der Waals surface area contributed by atoms with E-state index in [0.717, 1.165) is 27.8 Å². The minimum Gasteiger partial charge on any atom is -0.495 e. The highest BCUT2D eigenvalue weighted by Gasteiger charge is 2.30. The van der Waals surface area contributed by atoms with Crippen LogP contribution in [0.2, 0.25) is 0 Å². The van der Waals surface area contributed by atoms with Crippen molar-refractivity contribution in [3.63, 3.8) is 0 Å². The molecule has 5 nitrogen and oxygen atoms in total. The minimum atomic E-state index is -0.0428. The van der Waals surface area contributed by atoms with Gasteiger partial charge in [0, 0.05) is 35.1 Å². The summed E-state index contributed by atoms with van der Waals surface area (Å²) in [6.45, 7) is 0. The Morgan fingerprint density at radius 1 is 1.27 bits per heavy atom. The average Bonchev–Trinajstić information content (AvgIpc) is 2.93. The Morgan fingerprint density at radius 3 is 3.00 bits per heavy atom. The maximum Gasteiger partial charge on any atom is 0.225 e. The first-order valence-corrected chi connectivity index (χ1v) is 7.15. The van der Waals surface area contributed by atoms with Crippen LogP contribution in [0.3, 0.4) is 0 Å². The van der Waals surface area contributed by atoms with E-state index in [1.165, 1.54) is 0 Å². The topological polar surface area (TPSA) is 67.0 Å². The third-order valence-corrected chi connectivity index (χ3v) is 4.11. The Hall–Kier alpha value is -2.82. The number of nitrogens with one attached hydrogen (secondary N) is 2. The van der Waals surface area contributed by atoms with E-state index in [2.05, 4.69) is 15.3 Å². The van der Waals surface area contributed by atoms with Crippen LogP contribution in [0.1, 0.15) is 23.6 Å². The number of ether oxygens (including phenoxy) is 1. The lowest BCUT2D eigenvalue weighted by atomic mass is 9.89. The van der Waals surface area contributed by atoms with Gasteiger partial charge in [-0.3, -0.25) is 9.78 Å². The third-order valence-electron chi connectivity index (χ3n) is 4.11. The molecule has 0 saturated carbocycles. The molecule has 3 aromatic rings. The van der Waals surface area contributed by atoms with Gasteiger partial charge in [0.05, 0.1) is 19.0 Å². The molecule has 3 heterocycles. The largest absolute Gasteiger partial charge is 0.495 e. The molecule has 0 aliphatic carbocycles. The van der Waals surface area contributed by atoms with Crippen LogP contribution in [-0.2, 0) is 4.79 Å². The molecular weight excluding hydrogens is 278 g/mol. The Kier molecular flexibility index (Phi) is 2.85. The zero-order valence-corrected chi connectivity index (χ0v) is 12.1. The second-order valence-corrected chi connectivity index (χ2v) is 5.42. The molecule has 0 saturated heterocycles. The number of amides is 1. The van der Waals surface area contributed by atoms with Crippen LogP contribution in [0, 0.1) is 0 Å². The molecule has 1 aliphatic heterocycles. The summed E-state index contributed by atoms with van der Waals surface area (Å²) in [5.41, 5.74) is 3.90. The van der Waals surface area contributed by atoms with Gasteiger partial charge in [0.25, 0.3) is 0 Å². The first kappa shape index (κ1) is 12.9. The number of aromatic amines is 1. The number of rotatable bonds is 2. The van der Waals surface area contributed by atoms with Gasteiger partial charge >= 0.3 is 0 Å². The molecular formula is C17H15N3O2. The number of aromatic nitrogens is 2. The molecule has 0 spiro atoms. The highest BCUT2D eigenvalue weighted by Crippen LogP contribution is 2.41. The van der Waals surface area contributed by atoms with Crippen molar-refractivity contribution in [3.05, 3.63) is 54.0 Å². The van der Waals surface area contributed by atoms with Crippen molar-refractivity contribution < 1.29 is 9.53 Å². The predicted octanol–water partition coefficient (Wildman–Crippen LogP) is 3.05. The van der Waals surface area contributed by atoms with Crippen molar-refractivity contribution in [2.45, 2.75) is 12.3 Å². The number of carbonyl (C=O) groups is 1. The van der Waals surface area contributed by atoms with Crippen molar-refractivity contribution in [1.29, 1.82) is 0 Å². The van der Waals surface area contributed by atoms with Crippen molar-refractivity contribution in [2.75, 3.05) is 12.4 Å². The van der Waals surface area contributed by atoms with Gasteiger partial charge in [-0.1, -0.05) is 18.2 Å². The molecule has 2 aromatic heterocycles. The van der Waals surface area contributed by atoms with E-state index in [0.29, 0.717) is 12.2 Å². The number of anilines is 1. The maximum absolute atomic E-state index is 12.1. The lowest BCUT2D eigenvalue weighted by molar-refractivity contribution is -0.116. The zero-order chi connectivity index (χ0) is 15.1. The molecule has 4 rings (SSSR count). The van der Waals surface area contributed by atoms with Crippen LogP contribution in [0.4, 0.5) is 5.69 Å². The van der Waals surface area contributed by atoms with E-state index in [1.807, 2.05) is 30.3 Å². The molecule has 2 N–H and O–H groups in total. The average molecular weight is 293 g/mol. The van der Waals surface area contributed by atoms with Crippen molar-refractivity contribution in [2.24, 2.45) is 0 Å². The van der Waals surface area contributed by atoms with Crippen LogP contribution < -0.4 is 10.1 Å². The Balaban J connectivity index is 1.90. The number of pyridine rings is 1. The summed E-state index contributed by atoms with van der Waals surface area (Å²) in [4.78, 5) is 19.8. The molecule has 0 radical (unpaired) electrons. The van der Waals surface area contributed by atoms with Gasteiger partial charge < -0.3 is 15.0 Å². The monoisotopic (exact) mass is 293 g/mol. The zero-order valence-electron chi connectivity index (χ0n) is 12.1. The molecule has 110 valence electrons. The SMILES string of the molecule is COc1cncc(C2CC(=O)Nc3c2[nH]c2ccccc32)c1. The summed E-state index contributed by atoms with van der Waals surface area (Å²) in [6, 6.07) is 9.91. The van der Waals surface area contributed by atoms with E-state index in [-0.39, 0.29) is 11.8 Å². The normalized spacial score (nSPS) is 17.1. The molecule has 0 fully saturated rings. The number of fused-ring (bicyclic) bond motifs is 3. The van der Waals surface area contributed by atoms with Crippen molar-refractivity contribution >= 4 is 22.5 Å². The quantitative estimate of drug-likeness (QED) is 0.763. The smallest absolute Gasteiger partial charge is 0.225 e. The highest BCUT2D eigenvalue weighted by atomic mass is 16.5. The number of hydrogen-bond acceptors (Lipinski definition) is 3. The van der Waals surface area contributed by atoms with E-state index in [9.17, 15) is 4.79 Å². The van der Waals surface area contributed by atoms with Gasteiger partial charge in [-0.15, -0.1) is 0 Å². The lowest BCUT2D eigenvalue weighted by Gasteiger charge is -2.23. The van der Waals surface area contributed by atoms with Crippen LogP contribution in [0.15, 0.2) is 42.7 Å². The van der Waals surface area contributed by atoms with E-state index in [4.69, 9.17) is 4.74 Å². The Bertz CT molecular complexity index is 869. The fraction of sp³-hybridized carbons (Fsp3) is 0.176. The Labute approximate surface area is 127 Å². The summed E-state index contributed by atoms with van der Waals surface area (Å²) in [5, 5.41) is 4.02. The van der Waals surface area contributed by atoms with Crippen LogP contribution in [0.25, 0.3) is 10.9 Å². The summed E-state index contributed by atoms with van der Waals surface area (Å²) in [7, 11) is 1.61. The van der Waals surface area contributed by atoms with E-state index >= 15 is 0 Å². The number of methoxy groups -OCH3 is 1. The van der Waals surface area contributed by atoms with E-state index in [1.54, 1.807) is 19.5 Å². The Morgan fingerprint density at radius 2 is 2.14 bits per heavy atom. The second kappa shape index (κ2) is 4.87. The molecule has 1 unspecified atom stereocenters. The lowest BCUT2D eigenvalue weighted by Crippen LogP contribution is -2.23. The number of benzene rings is 1. The number of hydrogen-bond donors (Lipinski definition) is 2. The predicted molar refractivity (Wildman–Crippen MR) is 84.2 cm³/mol. The summed E-state index contributed by atoms with van der Waals surface area (Å²) in [6.07, 6.45) is 3.86. The van der Waals surface area contributed by atoms with Gasteiger partial charge in [-0.2, -0.15) is 0 Å². The molecule has 22 heavy (non-hydrogen) atoms. The standard InChI is InChI=1S/C17H15N3O2/c1-22-11-6-10(8-18-9-11)13-7-15(21)20-16-12-4-2-3-5-14(12)19-17(13)16/h2-6,8-9,13,19H,7H2,1H3,(H,20,21). The van der Waals surface area contributed by atoms with Crippen molar-refractivity contribution in [1.82, 2.24) is 9.97 Å². The van der Waals surface area contributed by atoms with Gasteiger partial charge in [-0.05, 0) is 17.7 Å². The maximum atomic E-state index is 12.1. The van der Waals surface area contributed by atoms with Gasteiger partial charge in [0.2, 0.25) is 5.91 Å². The second-order valence-electron chi connectivity index (χ2n) is 5.42. The summed E-state index contributed by atoms with van der Waals surface area (Å²) < 4.78 is 5.25. The van der Waals surface area contributed by atoms with Crippen LogP contribution >= 0.6 is 0 Å². The highest BCUT2D eigenvalue weighted by molar-refractivity contribution is 6.05. The third kappa shape index (κ3) is 1.94. The molecule has 1 aliphatic rings. The number of nitrogens with zero attached hydrogens (tertiary/aromatic N) is 1. The first-order valence-electron chi connectivity index (χ1n) is 7.15.